The standard InChI is InChI=1S/C17H28N2O3/c1-7-19(12(2)3)11-17(20)18-13(4)15-10-14(21-5)8-9-16(15)22-6/h8-10,12-13H,7,11H2,1-6H3,(H,18,20)/t13-/m0/s1. The molecule has 1 N–H and O–H groups in total. The zero-order chi connectivity index (χ0) is 16.7. The Labute approximate surface area is 133 Å². The average Bonchev–Trinajstić information content (AvgIpc) is 2.51. The lowest BCUT2D eigenvalue weighted by Crippen LogP contribution is -2.41. The number of likely N-dealkylation sites (N-methyl/N-ethyl adjacent to an activating group) is 1. The summed E-state index contributed by atoms with van der Waals surface area (Å²) in [4.78, 5) is 14.3. The molecule has 0 aliphatic heterocycles. The third-order valence-corrected chi connectivity index (χ3v) is 3.76. The molecule has 0 heterocycles. The molecule has 0 bridgehead atoms. The first-order valence-electron chi connectivity index (χ1n) is 7.68. The Bertz CT molecular complexity index is 489. The Kier molecular flexibility index (Phi) is 7.18. The lowest BCUT2D eigenvalue weighted by atomic mass is 10.1. The molecule has 0 aliphatic rings. The summed E-state index contributed by atoms with van der Waals surface area (Å²) in [6, 6.07) is 5.78. The van der Waals surface area contributed by atoms with E-state index in [1.807, 2.05) is 25.1 Å². The van der Waals surface area contributed by atoms with Crippen molar-refractivity contribution in [2.45, 2.75) is 39.8 Å². The summed E-state index contributed by atoms with van der Waals surface area (Å²) >= 11 is 0. The van der Waals surface area contributed by atoms with Gasteiger partial charge in [0, 0.05) is 11.6 Å². The van der Waals surface area contributed by atoms with E-state index >= 15 is 0 Å². The molecular formula is C17H28N2O3. The first-order chi connectivity index (χ1) is 10.4. The van der Waals surface area contributed by atoms with E-state index in [9.17, 15) is 4.79 Å². The minimum absolute atomic E-state index is 0.00734. The fraction of sp³-hybridized carbons (Fsp3) is 0.588. The normalized spacial score (nSPS) is 12.4. The second kappa shape index (κ2) is 8.63. The van der Waals surface area contributed by atoms with Gasteiger partial charge in [0.2, 0.25) is 5.91 Å². The van der Waals surface area contributed by atoms with Crippen LogP contribution in [0.2, 0.25) is 0 Å². The van der Waals surface area contributed by atoms with E-state index in [-0.39, 0.29) is 11.9 Å². The Hall–Kier alpha value is -1.75. The molecule has 0 unspecified atom stereocenters. The van der Waals surface area contributed by atoms with Crippen LogP contribution in [0.1, 0.15) is 39.3 Å². The van der Waals surface area contributed by atoms with Crippen LogP contribution in [0.25, 0.3) is 0 Å². The van der Waals surface area contributed by atoms with Gasteiger partial charge >= 0.3 is 0 Å². The fourth-order valence-electron chi connectivity index (χ4n) is 2.39. The highest BCUT2D eigenvalue weighted by atomic mass is 16.5. The molecular weight excluding hydrogens is 280 g/mol. The van der Waals surface area contributed by atoms with Crippen LogP contribution in [-0.2, 0) is 4.79 Å². The molecule has 0 aliphatic carbocycles. The highest BCUT2D eigenvalue weighted by molar-refractivity contribution is 5.78. The highest BCUT2D eigenvalue weighted by Gasteiger charge is 2.17. The van der Waals surface area contributed by atoms with Crippen molar-refractivity contribution in [2.24, 2.45) is 0 Å². The maximum atomic E-state index is 12.2. The van der Waals surface area contributed by atoms with Gasteiger partial charge in [0.25, 0.3) is 0 Å². The monoisotopic (exact) mass is 308 g/mol. The second-order valence-electron chi connectivity index (χ2n) is 5.55. The summed E-state index contributed by atoms with van der Waals surface area (Å²) < 4.78 is 10.6. The van der Waals surface area contributed by atoms with Crippen LogP contribution in [0.4, 0.5) is 0 Å². The molecule has 0 saturated carbocycles. The number of hydrogen-bond donors (Lipinski definition) is 1. The Balaban J connectivity index is 2.79. The maximum absolute atomic E-state index is 12.2. The number of amides is 1. The van der Waals surface area contributed by atoms with Gasteiger partial charge in [-0.25, -0.2) is 0 Å². The highest BCUT2D eigenvalue weighted by Crippen LogP contribution is 2.29. The summed E-state index contributed by atoms with van der Waals surface area (Å²) in [5.74, 6) is 1.49. The first-order valence-corrected chi connectivity index (χ1v) is 7.68. The molecule has 0 saturated heterocycles. The van der Waals surface area contributed by atoms with Crippen molar-refractivity contribution in [1.82, 2.24) is 10.2 Å². The largest absolute Gasteiger partial charge is 0.497 e. The lowest BCUT2D eigenvalue weighted by Gasteiger charge is -2.25. The van der Waals surface area contributed by atoms with Gasteiger partial charge in [-0.15, -0.1) is 0 Å². The van der Waals surface area contributed by atoms with Gasteiger partial charge in [0.15, 0.2) is 0 Å². The predicted octanol–water partition coefficient (Wildman–Crippen LogP) is 2.61. The predicted molar refractivity (Wildman–Crippen MR) is 88.5 cm³/mol. The molecule has 0 radical (unpaired) electrons. The summed E-state index contributed by atoms with van der Waals surface area (Å²) in [7, 11) is 3.24. The van der Waals surface area contributed by atoms with Crippen LogP contribution in [-0.4, -0.2) is 44.2 Å². The smallest absolute Gasteiger partial charge is 0.234 e. The zero-order valence-corrected chi connectivity index (χ0v) is 14.5. The number of carbonyl (C=O) groups excluding carboxylic acids is 1. The SMILES string of the molecule is CCN(CC(=O)N[C@@H](C)c1cc(OC)ccc1OC)C(C)C. The number of benzene rings is 1. The van der Waals surface area contributed by atoms with Crippen molar-refractivity contribution in [3.8, 4) is 11.5 Å². The molecule has 1 aromatic rings. The van der Waals surface area contributed by atoms with Crippen molar-refractivity contribution in [3.05, 3.63) is 23.8 Å². The van der Waals surface area contributed by atoms with Gasteiger partial charge in [-0.3, -0.25) is 9.69 Å². The molecule has 1 rings (SSSR count). The average molecular weight is 308 g/mol. The van der Waals surface area contributed by atoms with E-state index in [1.165, 1.54) is 0 Å². The molecule has 0 fully saturated rings. The first kappa shape index (κ1) is 18.3. The molecule has 0 aromatic heterocycles. The third-order valence-electron chi connectivity index (χ3n) is 3.76. The van der Waals surface area contributed by atoms with Crippen molar-refractivity contribution in [1.29, 1.82) is 0 Å². The number of ether oxygens (including phenoxy) is 2. The van der Waals surface area contributed by atoms with Crippen LogP contribution in [0.3, 0.4) is 0 Å². The van der Waals surface area contributed by atoms with Gasteiger partial charge in [-0.1, -0.05) is 6.92 Å². The van der Waals surface area contributed by atoms with E-state index in [0.717, 1.165) is 23.6 Å². The Morgan fingerprint density at radius 1 is 1.23 bits per heavy atom. The minimum Gasteiger partial charge on any atom is -0.497 e. The topological polar surface area (TPSA) is 50.8 Å². The number of methoxy groups -OCH3 is 2. The fourth-order valence-corrected chi connectivity index (χ4v) is 2.39. The van der Waals surface area contributed by atoms with Crippen molar-refractivity contribution in [3.63, 3.8) is 0 Å². The van der Waals surface area contributed by atoms with Gasteiger partial charge in [0.1, 0.15) is 11.5 Å². The maximum Gasteiger partial charge on any atom is 0.234 e. The van der Waals surface area contributed by atoms with Gasteiger partial charge < -0.3 is 14.8 Å². The van der Waals surface area contributed by atoms with E-state index in [2.05, 4.69) is 31.0 Å². The van der Waals surface area contributed by atoms with E-state index in [4.69, 9.17) is 9.47 Å². The van der Waals surface area contributed by atoms with Crippen LogP contribution in [0.5, 0.6) is 11.5 Å². The third kappa shape index (κ3) is 4.91. The second-order valence-corrected chi connectivity index (χ2v) is 5.55. The summed E-state index contributed by atoms with van der Waals surface area (Å²) in [6.07, 6.45) is 0. The molecule has 1 aromatic carbocycles. The van der Waals surface area contributed by atoms with E-state index in [1.54, 1.807) is 14.2 Å². The van der Waals surface area contributed by atoms with Crippen LogP contribution in [0, 0.1) is 0 Å². The van der Waals surface area contributed by atoms with E-state index in [0.29, 0.717) is 12.6 Å². The van der Waals surface area contributed by atoms with Crippen molar-refractivity contribution in [2.75, 3.05) is 27.3 Å². The lowest BCUT2D eigenvalue weighted by molar-refractivity contribution is -0.123. The molecule has 22 heavy (non-hydrogen) atoms. The van der Waals surface area contributed by atoms with Crippen molar-refractivity contribution >= 4 is 5.91 Å². The number of nitrogens with zero attached hydrogens (tertiary/aromatic N) is 1. The van der Waals surface area contributed by atoms with Crippen LogP contribution in [0.15, 0.2) is 18.2 Å². The quantitative estimate of drug-likeness (QED) is 0.802. The molecule has 0 spiro atoms. The van der Waals surface area contributed by atoms with Gasteiger partial charge in [0.05, 0.1) is 26.8 Å². The number of carbonyl (C=O) groups is 1. The summed E-state index contributed by atoms with van der Waals surface area (Å²) in [6.45, 7) is 9.42. The van der Waals surface area contributed by atoms with Crippen LogP contribution >= 0.6 is 0 Å². The van der Waals surface area contributed by atoms with Gasteiger partial charge in [-0.05, 0) is 45.5 Å². The Morgan fingerprint density at radius 3 is 2.41 bits per heavy atom. The van der Waals surface area contributed by atoms with Crippen molar-refractivity contribution < 1.29 is 14.3 Å². The summed E-state index contributed by atoms with van der Waals surface area (Å²) in [5.41, 5.74) is 0.905. The number of rotatable bonds is 8. The summed E-state index contributed by atoms with van der Waals surface area (Å²) in [5, 5.41) is 3.03. The number of nitrogens with one attached hydrogen (secondary N) is 1. The molecule has 5 nitrogen and oxygen atoms in total. The molecule has 5 heteroatoms. The minimum atomic E-state index is -0.150. The number of hydrogen-bond acceptors (Lipinski definition) is 4. The zero-order valence-electron chi connectivity index (χ0n) is 14.5. The van der Waals surface area contributed by atoms with Crippen LogP contribution < -0.4 is 14.8 Å². The van der Waals surface area contributed by atoms with Gasteiger partial charge in [-0.2, -0.15) is 0 Å². The Morgan fingerprint density at radius 2 is 1.91 bits per heavy atom. The van der Waals surface area contributed by atoms with E-state index < -0.39 is 0 Å². The molecule has 1 atom stereocenters. The molecule has 1 amide bonds. The molecule has 124 valence electrons.